The van der Waals surface area contributed by atoms with Gasteiger partial charge in [-0.3, -0.25) is 13.9 Å². The van der Waals surface area contributed by atoms with Crippen molar-refractivity contribution >= 4 is 39.1 Å². The summed E-state index contributed by atoms with van der Waals surface area (Å²) in [6.07, 6.45) is 0.350. The number of hydrogen-bond donors (Lipinski definition) is 1. The van der Waals surface area contributed by atoms with Crippen LogP contribution in [0.2, 0.25) is 5.02 Å². The highest BCUT2D eigenvalue weighted by Gasteiger charge is 2.33. The van der Waals surface area contributed by atoms with Gasteiger partial charge in [-0.2, -0.15) is 0 Å². The van der Waals surface area contributed by atoms with Crippen molar-refractivity contribution in [2.45, 2.75) is 50.7 Å². The minimum Gasteiger partial charge on any atom is -0.497 e. The zero-order chi connectivity index (χ0) is 28.6. The van der Waals surface area contributed by atoms with Gasteiger partial charge in [-0.1, -0.05) is 48.9 Å². The van der Waals surface area contributed by atoms with Crippen LogP contribution in [0.25, 0.3) is 0 Å². The zero-order valence-corrected chi connectivity index (χ0v) is 24.1. The maximum absolute atomic E-state index is 14.0. The standard InChI is InChI=1S/C29H34ClN3O5S/c1-5-27(29(35)31-21(2)3)32(19-22-9-7-6-8-10-22)28(34)20-33(24-13-11-23(30)12-14-24)39(36,37)26-17-15-25(38-4)16-18-26/h6-18,21,27H,5,19-20H2,1-4H3,(H,31,35)/t27-/m0/s1. The van der Waals surface area contributed by atoms with Crippen LogP contribution in [0.5, 0.6) is 5.75 Å². The van der Waals surface area contributed by atoms with Gasteiger partial charge in [-0.25, -0.2) is 8.42 Å². The maximum atomic E-state index is 14.0. The van der Waals surface area contributed by atoms with Crippen molar-refractivity contribution in [1.82, 2.24) is 10.2 Å². The second kappa shape index (κ2) is 13.5. The number of sulfonamides is 1. The van der Waals surface area contributed by atoms with Crippen molar-refractivity contribution in [3.63, 3.8) is 0 Å². The van der Waals surface area contributed by atoms with Crippen LogP contribution >= 0.6 is 11.6 Å². The first-order valence-electron chi connectivity index (χ1n) is 12.6. The Balaban J connectivity index is 2.04. The molecule has 0 saturated heterocycles. The average molecular weight is 572 g/mol. The third-order valence-electron chi connectivity index (χ3n) is 6.05. The fraction of sp³-hybridized carbons (Fsp3) is 0.310. The van der Waals surface area contributed by atoms with Crippen molar-refractivity contribution in [3.05, 3.63) is 89.4 Å². The number of rotatable bonds is 12. The Morgan fingerprint density at radius 3 is 2.10 bits per heavy atom. The predicted octanol–water partition coefficient (Wildman–Crippen LogP) is 4.88. The van der Waals surface area contributed by atoms with Gasteiger partial charge in [0, 0.05) is 17.6 Å². The van der Waals surface area contributed by atoms with E-state index in [2.05, 4.69) is 5.32 Å². The summed E-state index contributed by atoms with van der Waals surface area (Å²) >= 11 is 6.06. The molecule has 1 N–H and O–H groups in total. The molecule has 3 aromatic rings. The molecule has 0 radical (unpaired) electrons. The number of benzene rings is 3. The summed E-state index contributed by atoms with van der Waals surface area (Å²) in [5, 5.41) is 3.31. The molecule has 10 heteroatoms. The number of nitrogens with zero attached hydrogens (tertiary/aromatic N) is 2. The average Bonchev–Trinajstić information content (AvgIpc) is 2.92. The van der Waals surface area contributed by atoms with Crippen LogP contribution in [0, 0.1) is 0 Å². The van der Waals surface area contributed by atoms with Crippen molar-refractivity contribution < 1.29 is 22.7 Å². The van der Waals surface area contributed by atoms with Crippen LogP contribution in [0.15, 0.2) is 83.8 Å². The number of hydrogen-bond acceptors (Lipinski definition) is 5. The van der Waals surface area contributed by atoms with Crippen molar-refractivity contribution in [2.24, 2.45) is 0 Å². The fourth-order valence-corrected chi connectivity index (χ4v) is 5.63. The lowest BCUT2D eigenvalue weighted by Crippen LogP contribution is -2.53. The Morgan fingerprint density at radius 1 is 0.949 bits per heavy atom. The van der Waals surface area contributed by atoms with Gasteiger partial charge in [0.1, 0.15) is 18.3 Å². The Labute approximate surface area is 235 Å². The van der Waals surface area contributed by atoms with Crippen LogP contribution in [0.3, 0.4) is 0 Å². The molecule has 0 aliphatic rings. The quantitative estimate of drug-likeness (QED) is 0.334. The summed E-state index contributed by atoms with van der Waals surface area (Å²) in [7, 11) is -2.69. The van der Waals surface area contributed by atoms with E-state index in [1.54, 1.807) is 36.4 Å². The van der Waals surface area contributed by atoms with Crippen molar-refractivity contribution in [3.8, 4) is 5.75 Å². The molecule has 0 unspecified atom stereocenters. The Kier molecular flexibility index (Phi) is 10.4. The van der Waals surface area contributed by atoms with E-state index >= 15 is 0 Å². The van der Waals surface area contributed by atoms with Crippen LogP contribution in [-0.4, -0.2) is 50.9 Å². The largest absolute Gasteiger partial charge is 0.497 e. The molecule has 3 aromatic carbocycles. The van der Waals surface area contributed by atoms with E-state index < -0.39 is 28.5 Å². The molecule has 3 rings (SSSR count). The van der Waals surface area contributed by atoms with E-state index in [0.29, 0.717) is 17.2 Å². The smallest absolute Gasteiger partial charge is 0.264 e. The fourth-order valence-electron chi connectivity index (χ4n) is 4.09. The van der Waals surface area contributed by atoms with Crippen LogP contribution in [0.4, 0.5) is 5.69 Å². The molecule has 0 aliphatic heterocycles. The molecule has 208 valence electrons. The van der Waals surface area contributed by atoms with Crippen LogP contribution < -0.4 is 14.4 Å². The molecule has 0 saturated carbocycles. The summed E-state index contributed by atoms with van der Waals surface area (Å²) < 4.78 is 33.9. The van der Waals surface area contributed by atoms with Crippen molar-refractivity contribution in [2.75, 3.05) is 18.0 Å². The highest BCUT2D eigenvalue weighted by Crippen LogP contribution is 2.27. The number of carbonyl (C=O) groups is 2. The Hall–Kier alpha value is -3.56. The lowest BCUT2D eigenvalue weighted by atomic mass is 10.1. The summed E-state index contributed by atoms with van der Waals surface area (Å²) in [5.74, 6) is -0.316. The number of methoxy groups -OCH3 is 1. The van der Waals surface area contributed by atoms with Crippen LogP contribution in [0.1, 0.15) is 32.8 Å². The van der Waals surface area contributed by atoms with E-state index in [4.69, 9.17) is 16.3 Å². The zero-order valence-electron chi connectivity index (χ0n) is 22.5. The SMILES string of the molecule is CC[C@@H](C(=O)NC(C)C)N(Cc1ccccc1)C(=O)CN(c1ccc(Cl)cc1)S(=O)(=O)c1ccc(OC)cc1. The molecule has 0 bridgehead atoms. The number of amides is 2. The minimum absolute atomic E-state index is 0.00903. The van der Waals surface area contributed by atoms with Gasteiger partial charge < -0.3 is 15.0 Å². The molecular formula is C29H34ClN3O5S. The summed E-state index contributed by atoms with van der Waals surface area (Å²) in [6.45, 7) is 5.13. The normalized spacial score (nSPS) is 12.1. The second-order valence-electron chi connectivity index (χ2n) is 9.26. The van der Waals surface area contributed by atoms with Gasteiger partial charge in [0.2, 0.25) is 11.8 Å². The second-order valence-corrected chi connectivity index (χ2v) is 11.6. The minimum atomic E-state index is -4.18. The summed E-state index contributed by atoms with van der Waals surface area (Å²) in [6, 6.07) is 20.5. The number of nitrogens with one attached hydrogen (secondary N) is 1. The van der Waals surface area contributed by atoms with Gasteiger partial charge in [-0.05, 0) is 74.4 Å². The Bertz CT molecular complexity index is 1350. The predicted molar refractivity (Wildman–Crippen MR) is 153 cm³/mol. The van der Waals surface area contributed by atoms with Crippen molar-refractivity contribution in [1.29, 1.82) is 0 Å². The molecule has 0 aromatic heterocycles. The first kappa shape index (κ1) is 30.0. The molecule has 1 atom stereocenters. The van der Waals surface area contributed by atoms with E-state index in [9.17, 15) is 18.0 Å². The third-order valence-corrected chi connectivity index (χ3v) is 8.09. The van der Waals surface area contributed by atoms with Gasteiger partial charge in [0.15, 0.2) is 0 Å². The molecule has 8 nitrogen and oxygen atoms in total. The monoisotopic (exact) mass is 571 g/mol. The molecule has 39 heavy (non-hydrogen) atoms. The highest BCUT2D eigenvalue weighted by atomic mass is 35.5. The first-order chi connectivity index (χ1) is 18.6. The van der Waals surface area contributed by atoms with Gasteiger partial charge >= 0.3 is 0 Å². The molecular weight excluding hydrogens is 538 g/mol. The number of carbonyl (C=O) groups excluding carboxylic acids is 2. The highest BCUT2D eigenvalue weighted by molar-refractivity contribution is 7.92. The number of halogens is 1. The van der Waals surface area contributed by atoms with Gasteiger partial charge in [-0.15, -0.1) is 0 Å². The molecule has 0 spiro atoms. The van der Waals surface area contributed by atoms with E-state index in [1.807, 2.05) is 51.1 Å². The lowest BCUT2D eigenvalue weighted by Gasteiger charge is -2.33. The number of anilines is 1. The van der Waals surface area contributed by atoms with E-state index in [-0.39, 0.29) is 29.1 Å². The molecule has 0 aliphatic carbocycles. The summed E-state index contributed by atoms with van der Waals surface area (Å²) in [4.78, 5) is 28.5. The molecule has 0 fully saturated rings. The Morgan fingerprint density at radius 2 is 1.56 bits per heavy atom. The first-order valence-corrected chi connectivity index (χ1v) is 14.4. The molecule has 0 heterocycles. The van der Waals surface area contributed by atoms with Gasteiger partial charge in [0.05, 0.1) is 17.7 Å². The van der Waals surface area contributed by atoms with Crippen LogP contribution in [-0.2, 0) is 26.2 Å². The number of ether oxygens (including phenoxy) is 1. The van der Waals surface area contributed by atoms with E-state index in [1.165, 1.54) is 24.1 Å². The molecule has 2 amide bonds. The topological polar surface area (TPSA) is 96.0 Å². The lowest BCUT2D eigenvalue weighted by molar-refractivity contribution is -0.140. The van der Waals surface area contributed by atoms with Gasteiger partial charge in [0.25, 0.3) is 10.0 Å². The third kappa shape index (κ3) is 7.74. The van der Waals surface area contributed by atoms with E-state index in [0.717, 1.165) is 9.87 Å². The summed E-state index contributed by atoms with van der Waals surface area (Å²) in [5.41, 5.74) is 1.08. The maximum Gasteiger partial charge on any atom is 0.264 e.